The highest BCUT2D eigenvalue weighted by Gasteiger charge is 2.23. The van der Waals surface area contributed by atoms with Gasteiger partial charge in [-0.2, -0.15) is 0 Å². The lowest BCUT2D eigenvalue weighted by molar-refractivity contribution is -0.609. The molecule has 0 bridgehead atoms. The van der Waals surface area contributed by atoms with Gasteiger partial charge in [0.2, 0.25) is 0 Å². The topological polar surface area (TPSA) is 21.5 Å². The Morgan fingerprint density at radius 2 is 1.64 bits per heavy atom. The highest BCUT2D eigenvalue weighted by atomic mass is 32.2. The van der Waals surface area contributed by atoms with Gasteiger partial charge in [-0.1, -0.05) is 64.0 Å². The van der Waals surface area contributed by atoms with Crippen molar-refractivity contribution >= 4 is 23.4 Å². The predicted octanol–water partition coefficient (Wildman–Crippen LogP) is 4.70. The molecule has 0 amide bonds. The van der Waals surface area contributed by atoms with Gasteiger partial charge in [-0.05, 0) is 12.5 Å². The van der Waals surface area contributed by atoms with Crippen LogP contribution >= 0.6 is 11.9 Å². The number of ketones is 1. The molecule has 0 saturated carbocycles. The molecular formula is C19H28NOS+. The molecule has 3 heteroatoms. The third kappa shape index (κ3) is 5.29. The highest BCUT2D eigenvalue weighted by Crippen LogP contribution is 2.17. The van der Waals surface area contributed by atoms with Crippen molar-refractivity contribution in [3.05, 3.63) is 42.1 Å². The Bertz CT molecular complexity index is 498. The zero-order valence-corrected chi connectivity index (χ0v) is 14.5. The second-order valence-corrected chi connectivity index (χ2v) is 7.07. The van der Waals surface area contributed by atoms with Crippen LogP contribution in [0.15, 0.2) is 36.5 Å². The van der Waals surface area contributed by atoms with E-state index in [1.54, 1.807) is 6.08 Å². The van der Waals surface area contributed by atoms with E-state index < -0.39 is 0 Å². The molecule has 2 nitrogen and oxygen atoms in total. The number of quaternary nitrogens is 1. The molecule has 120 valence electrons. The maximum atomic E-state index is 11.8. The first kappa shape index (κ1) is 17.3. The van der Waals surface area contributed by atoms with Crippen molar-refractivity contribution in [3.8, 4) is 0 Å². The van der Waals surface area contributed by atoms with Crippen molar-refractivity contribution in [2.45, 2.75) is 58.3 Å². The predicted molar refractivity (Wildman–Crippen MR) is 95.6 cm³/mol. The third-order valence-electron chi connectivity index (χ3n) is 4.10. The van der Waals surface area contributed by atoms with E-state index >= 15 is 0 Å². The van der Waals surface area contributed by atoms with E-state index in [4.69, 9.17) is 0 Å². The second kappa shape index (κ2) is 9.86. The minimum Gasteiger partial charge on any atom is -0.289 e. The molecule has 0 spiro atoms. The Morgan fingerprint density at radius 1 is 0.955 bits per heavy atom. The van der Waals surface area contributed by atoms with Crippen LogP contribution in [-0.4, -0.2) is 11.5 Å². The summed E-state index contributed by atoms with van der Waals surface area (Å²) in [7, 11) is 0. The molecule has 2 rings (SSSR count). The maximum absolute atomic E-state index is 11.8. The lowest BCUT2D eigenvalue weighted by Gasteiger charge is -2.17. The van der Waals surface area contributed by atoms with Crippen LogP contribution in [0.3, 0.4) is 0 Å². The SMILES string of the molecule is CCCCCCCCCCS[NH+]1C=CC(=O)c2ccccc21. The normalized spacial score (nSPS) is 16.8. The molecule has 1 aromatic rings. The largest absolute Gasteiger partial charge is 0.289 e. The van der Waals surface area contributed by atoms with Gasteiger partial charge in [0, 0.05) is 17.9 Å². The number of para-hydroxylation sites is 1. The number of benzene rings is 1. The number of nitrogens with one attached hydrogen (secondary N) is 1. The van der Waals surface area contributed by atoms with Crippen LogP contribution in [0.4, 0.5) is 5.69 Å². The van der Waals surface area contributed by atoms with Crippen molar-refractivity contribution in [2.24, 2.45) is 0 Å². The molecule has 0 aromatic heterocycles. The lowest BCUT2D eigenvalue weighted by atomic mass is 10.1. The lowest BCUT2D eigenvalue weighted by Crippen LogP contribution is -2.96. The fourth-order valence-corrected chi connectivity index (χ4v) is 3.85. The summed E-state index contributed by atoms with van der Waals surface area (Å²) in [6.07, 6.45) is 14.6. The molecule has 0 saturated heterocycles. The molecule has 1 aliphatic heterocycles. The first-order valence-corrected chi connectivity index (χ1v) is 9.63. The van der Waals surface area contributed by atoms with Crippen molar-refractivity contribution in [2.75, 3.05) is 5.75 Å². The number of carbonyl (C=O) groups excluding carboxylic acids is 1. The van der Waals surface area contributed by atoms with Gasteiger partial charge in [0.1, 0.15) is 6.20 Å². The molecule has 1 aromatic carbocycles. The summed E-state index contributed by atoms with van der Waals surface area (Å²) in [6.45, 7) is 2.26. The molecule has 1 heterocycles. The first-order chi connectivity index (χ1) is 10.8. The van der Waals surface area contributed by atoms with Crippen molar-refractivity contribution in [1.82, 2.24) is 0 Å². The van der Waals surface area contributed by atoms with Gasteiger partial charge < -0.3 is 0 Å². The summed E-state index contributed by atoms with van der Waals surface area (Å²) in [5, 5.41) is 0. The van der Waals surface area contributed by atoms with Gasteiger partial charge >= 0.3 is 0 Å². The highest BCUT2D eigenvalue weighted by molar-refractivity contribution is 7.93. The molecule has 1 aliphatic rings. The van der Waals surface area contributed by atoms with Gasteiger partial charge in [-0.15, -0.1) is 0 Å². The molecule has 22 heavy (non-hydrogen) atoms. The van der Waals surface area contributed by atoms with Gasteiger partial charge in [0.25, 0.3) is 0 Å². The average molecular weight is 319 g/mol. The van der Waals surface area contributed by atoms with E-state index in [2.05, 4.69) is 13.0 Å². The molecule has 0 radical (unpaired) electrons. The maximum Gasteiger partial charge on any atom is 0.197 e. The fourth-order valence-electron chi connectivity index (χ4n) is 2.79. The van der Waals surface area contributed by atoms with Crippen LogP contribution in [0.5, 0.6) is 0 Å². The van der Waals surface area contributed by atoms with Crippen LogP contribution in [0.25, 0.3) is 0 Å². The summed E-state index contributed by atoms with van der Waals surface area (Å²) >= 11 is 1.89. The van der Waals surface area contributed by atoms with E-state index in [1.807, 2.05) is 36.3 Å². The minimum atomic E-state index is 0.132. The zero-order chi connectivity index (χ0) is 15.6. The summed E-state index contributed by atoms with van der Waals surface area (Å²) in [6, 6.07) is 7.95. The second-order valence-electron chi connectivity index (χ2n) is 5.93. The number of hydrogen-bond acceptors (Lipinski definition) is 2. The van der Waals surface area contributed by atoms with Gasteiger partial charge in [0.05, 0.1) is 17.5 Å². The standard InChI is InChI=1S/C19H27NOS/c1-2-3-4-5-6-7-8-11-16-22-20-15-14-19(21)17-12-9-10-13-18(17)20/h9-10,12-15H,2-8,11,16H2,1H3/p+1. The average Bonchev–Trinajstić information content (AvgIpc) is 2.55. The number of unbranched alkanes of at least 4 members (excludes halogenated alkanes) is 7. The Labute approximate surface area is 139 Å². The van der Waals surface area contributed by atoms with Crippen LogP contribution in [-0.2, 0) is 0 Å². The number of fused-ring (bicyclic) bond motifs is 1. The Balaban J connectivity index is 1.64. The quantitative estimate of drug-likeness (QED) is 0.499. The van der Waals surface area contributed by atoms with Crippen molar-refractivity contribution in [3.63, 3.8) is 0 Å². The van der Waals surface area contributed by atoms with Crippen molar-refractivity contribution in [1.29, 1.82) is 0 Å². The molecular weight excluding hydrogens is 290 g/mol. The summed E-state index contributed by atoms with van der Waals surface area (Å²) < 4.78 is 1.25. The Morgan fingerprint density at radius 3 is 2.41 bits per heavy atom. The molecule has 1 unspecified atom stereocenters. The smallest absolute Gasteiger partial charge is 0.197 e. The number of carbonyl (C=O) groups is 1. The number of hydrogen-bond donors (Lipinski definition) is 1. The number of allylic oxidation sites excluding steroid dienone is 1. The monoisotopic (exact) mass is 318 g/mol. The van der Waals surface area contributed by atoms with Crippen molar-refractivity contribution < 1.29 is 9.10 Å². The van der Waals surface area contributed by atoms with E-state index in [-0.39, 0.29) is 5.78 Å². The molecule has 0 aliphatic carbocycles. The van der Waals surface area contributed by atoms with Gasteiger partial charge in [0.15, 0.2) is 11.5 Å². The number of rotatable bonds is 10. The molecule has 1 N–H and O–H groups in total. The first-order valence-electron chi connectivity index (χ1n) is 8.64. The molecule has 1 atom stereocenters. The third-order valence-corrected chi connectivity index (χ3v) is 5.26. The van der Waals surface area contributed by atoms with E-state index in [0.717, 1.165) is 17.0 Å². The van der Waals surface area contributed by atoms with Crippen LogP contribution in [0.1, 0.15) is 68.6 Å². The van der Waals surface area contributed by atoms with E-state index in [1.165, 1.54) is 55.7 Å². The van der Waals surface area contributed by atoms with Crippen LogP contribution < -0.4 is 4.31 Å². The van der Waals surface area contributed by atoms with Crippen LogP contribution in [0, 0.1) is 0 Å². The summed E-state index contributed by atoms with van der Waals surface area (Å²) in [4.78, 5) is 11.8. The van der Waals surface area contributed by atoms with Gasteiger partial charge in [-0.25, -0.2) is 4.31 Å². The fraction of sp³-hybridized carbons (Fsp3) is 0.526. The Hall–Kier alpha value is -1.06. The van der Waals surface area contributed by atoms with Crippen LogP contribution in [0.2, 0.25) is 0 Å². The van der Waals surface area contributed by atoms with E-state index in [0.29, 0.717) is 0 Å². The zero-order valence-electron chi connectivity index (χ0n) is 13.6. The van der Waals surface area contributed by atoms with E-state index in [9.17, 15) is 4.79 Å². The Kier molecular flexibility index (Phi) is 7.75. The molecule has 0 fully saturated rings. The summed E-state index contributed by atoms with van der Waals surface area (Å²) in [5.74, 6) is 1.28. The van der Waals surface area contributed by atoms with Gasteiger partial charge in [-0.3, -0.25) is 4.79 Å². The minimum absolute atomic E-state index is 0.132. The summed E-state index contributed by atoms with van der Waals surface area (Å²) in [5.41, 5.74) is 1.96.